The molecule has 0 bridgehead atoms. The Labute approximate surface area is 80.7 Å². The molecule has 0 saturated carbocycles. The molecular formula is C9H11FN2O2. The molecule has 14 heavy (non-hydrogen) atoms. The number of halogens is 1. The summed E-state index contributed by atoms with van der Waals surface area (Å²) in [5.41, 5.74) is 4.77. The summed E-state index contributed by atoms with van der Waals surface area (Å²) < 4.78 is 12.8. The number of carbonyl (C=O) groups is 1. The monoisotopic (exact) mass is 198 g/mol. The highest BCUT2D eigenvalue weighted by Crippen LogP contribution is 2.19. The molecule has 0 saturated heterocycles. The molecule has 0 unspecified atom stereocenters. The van der Waals surface area contributed by atoms with E-state index in [2.05, 4.69) is 10.9 Å². The zero-order chi connectivity index (χ0) is 10.6. The van der Waals surface area contributed by atoms with E-state index in [9.17, 15) is 14.3 Å². The maximum atomic E-state index is 12.8. The third kappa shape index (κ3) is 2.20. The van der Waals surface area contributed by atoms with Gasteiger partial charge in [0, 0.05) is 6.54 Å². The minimum atomic E-state index is -0.811. The SMILES string of the molecule is CCNNC(=O)c1cccc(F)c1O. The summed E-state index contributed by atoms with van der Waals surface area (Å²) in [5, 5.41) is 9.20. The van der Waals surface area contributed by atoms with Crippen molar-refractivity contribution in [3.05, 3.63) is 29.6 Å². The van der Waals surface area contributed by atoms with Gasteiger partial charge in [-0.3, -0.25) is 10.2 Å². The summed E-state index contributed by atoms with van der Waals surface area (Å²) in [4.78, 5) is 11.3. The zero-order valence-corrected chi connectivity index (χ0v) is 7.67. The predicted octanol–water partition coefficient (Wildman–Crippen LogP) is 0.786. The molecule has 0 aliphatic carbocycles. The number of aromatic hydroxyl groups is 1. The first kappa shape index (κ1) is 10.5. The smallest absolute Gasteiger partial charge is 0.269 e. The molecule has 5 heteroatoms. The molecule has 0 fully saturated rings. The fourth-order valence-corrected chi connectivity index (χ4v) is 0.935. The van der Waals surface area contributed by atoms with E-state index in [0.717, 1.165) is 6.07 Å². The van der Waals surface area contributed by atoms with Crippen molar-refractivity contribution < 1.29 is 14.3 Å². The minimum absolute atomic E-state index is 0.0917. The van der Waals surface area contributed by atoms with Crippen LogP contribution >= 0.6 is 0 Å². The number of phenolic OH excluding ortho intramolecular Hbond substituents is 1. The van der Waals surface area contributed by atoms with Crippen molar-refractivity contribution in [1.29, 1.82) is 0 Å². The Morgan fingerprint density at radius 1 is 1.57 bits per heavy atom. The lowest BCUT2D eigenvalue weighted by Gasteiger charge is -2.06. The van der Waals surface area contributed by atoms with Crippen LogP contribution in [-0.4, -0.2) is 17.6 Å². The van der Waals surface area contributed by atoms with Crippen molar-refractivity contribution in [3.63, 3.8) is 0 Å². The van der Waals surface area contributed by atoms with E-state index in [1.165, 1.54) is 12.1 Å². The number of benzene rings is 1. The highest BCUT2D eigenvalue weighted by Gasteiger charge is 2.13. The molecule has 0 aliphatic heterocycles. The number of hydrogen-bond donors (Lipinski definition) is 3. The summed E-state index contributed by atoms with van der Waals surface area (Å²) in [6, 6.07) is 3.78. The van der Waals surface area contributed by atoms with Crippen molar-refractivity contribution in [1.82, 2.24) is 10.9 Å². The number of carbonyl (C=O) groups excluding carboxylic acids is 1. The van der Waals surface area contributed by atoms with Crippen LogP contribution in [0.1, 0.15) is 17.3 Å². The molecule has 4 nitrogen and oxygen atoms in total. The number of hydrogen-bond acceptors (Lipinski definition) is 3. The number of amides is 1. The van der Waals surface area contributed by atoms with Crippen LogP contribution in [0.5, 0.6) is 5.75 Å². The predicted molar refractivity (Wildman–Crippen MR) is 49.2 cm³/mol. The Balaban J connectivity index is 2.84. The van der Waals surface area contributed by atoms with E-state index in [1.54, 1.807) is 6.92 Å². The average molecular weight is 198 g/mol. The third-order valence-electron chi connectivity index (χ3n) is 1.61. The van der Waals surface area contributed by atoms with Gasteiger partial charge in [0.1, 0.15) is 0 Å². The molecule has 0 radical (unpaired) electrons. The lowest BCUT2D eigenvalue weighted by atomic mass is 10.2. The largest absolute Gasteiger partial charge is 0.504 e. The zero-order valence-electron chi connectivity index (χ0n) is 7.67. The van der Waals surface area contributed by atoms with E-state index in [1.807, 2.05) is 0 Å². The standard InChI is InChI=1S/C9H11FN2O2/c1-2-11-12-9(14)6-4-3-5-7(10)8(6)13/h3-5,11,13H,2H2,1H3,(H,12,14). The van der Waals surface area contributed by atoms with E-state index < -0.39 is 17.5 Å². The fourth-order valence-electron chi connectivity index (χ4n) is 0.935. The molecule has 3 N–H and O–H groups in total. The number of hydrazine groups is 1. The molecule has 1 aromatic carbocycles. The molecule has 1 aromatic rings. The number of rotatable bonds is 3. The van der Waals surface area contributed by atoms with Gasteiger partial charge >= 0.3 is 0 Å². The van der Waals surface area contributed by atoms with Gasteiger partial charge in [-0.15, -0.1) is 0 Å². The number of phenols is 1. The highest BCUT2D eigenvalue weighted by atomic mass is 19.1. The second-order valence-corrected chi connectivity index (χ2v) is 2.62. The van der Waals surface area contributed by atoms with Crippen LogP contribution in [0.15, 0.2) is 18.2 Å². The topological polar surface area (TPSA) is 61.4 Å². The van der Waals surface area contributed by atoms with Gasteiger partial charge in [-0.2, -0.15) is 0 Å². The van der Waals surface area contributed by atoms with Gasteiger partial charge < -0.3 is 5.11 Å². The summed E-state index contributed by atoms with van der Waals surface area (Å²) in [6.07, 6.45) is 0. The van der Waals surface area contributed by atoms with Crippen LogP contribution in [0, 0.1) is 5.82 Å². The van der Waals surface area contributed by atoms with Gasteiger partial charge in [0.25, 0.3) is 5.91 Å². The number of para-hydroxylation sites is 1. The van der Waals surface area contributed by atoms with E-state index in [0.29, 0.717) is 6.54 Å². The molecule has 0 aliphatic rings. The van der Waals surface area contributed by atoms with E-state index >= 15 is 0 Å². The average Bonchev–Trinajstić information content (AvgIpc) is 2.18. The first-order chi connectivity index (χ1) is 6.66. The second kappa shape index (κ2) is 4.57. The Morgan fingerprint density at radius 2 is 2.29 bits per heavy atom. The van der Waals surface area contributed by atoms with Crippen molar-refractivity contribution in [2.75, 3.05) is 6.54 Å². The van der Waals surface area contributed by atoms with Crippen molar-refractivity contribution in [2.24, 2.45) is 0 Å². The summed E-state index contributed by atoms with van der Waals surface area (Å²) in [5.74, 6) is -2.01. The molecule has 76 valence electrons. The highest BCUT2D eigenvalue weighted by molar-refractivity contribution is 5.96. The molecule has 0 aromatic heterocycles. The van der Waals surface area contributed by atoms with Crippen molar-refractivity contribution in [2.45, 2.75) is 6.92 Å². The summed E-state index contributed by atoms with van der Waals surface area (Å²) in [7, 11) is 0. The van der Waals surface area contributed by atoms with Gasteiger partial charge in [0.2, 0.25) is 0 Å². The first-order valence-corrected chi connectivity index (χ1v) is 4.17. The Hall–Kier alpha value is -1.62. The maximum absolute atomic E-state index is 12.8. The van der Waals surface area contributed by atoms with E-state index in [-0.39, 0.29) is 5.56 Å². The Bertz CT molecular complexity index is 342. The fraction of sp³-hybridized carbons (Fsp3) is 0.222. The maximum Gasteiger partial charge on any atom is 0.269 e. The first-order valence-electron chi connectivity index (χ1n) is 4.17. The van der Waals surface area contributed by atoms with Crippen LogP contribution in [0.25, 0.3) is 0 Å². The van der Waals surface area contributed by atoms with Crippen LogP contribution in [-0.2, 0) is 0 Å². The molecule has 0 atom stereocenters. The Kier molecular flexibility index (Phi) is 3.41. The minimum Gasteiger partial charge on any atom is -0.504 e. The molecule has 0 heterocycles. The lowest BCUT2D eigenvalue weighted by molar-refractivity contribution is 0.0931. The van der Waals surface area contributed by atoms with Gasteiger partial charge in [0.05, 0.1) is 5.56 Å². The third-order valence-corrected chi connectivity index (χ3v) is 1.61. The summed E-state index contributed by atoms with van der Waals surface area (Å²) in [6.45, 7) is 2.34. The molecule has 1 rings (SSSR count). The number of nitrogens with one attached hydrogen (secondary N) is 2. The normalized spacial score (nSPS) is 9.86. The van der Waals surface area contributed by atoms with Gasteiger partial charge in [-0.05, 0) is 12.1 Å². The Morgan fingerprint density at radius 3 is 2.93 bits per heavy atom. The second-order valence-electron chi connectivity index (χ2n) is 2.62. The lowest BCUT2D eigenvalue weighted by Crippen LogP contribution is -2.37. The van der Waals surface area contributed by atoms with Crippen molar-refractivity contribution in [3.8, 4) is 5.75 Å². The quantitative estimate of drug-likeness (QED) is 0.629. The molecule has 0 spiro atoms. The van der Waals surface area contributed by atoms with Crippen LogP contribution < -0.4 is 10.9 Å². The van der Waals surface area contributed by atoms with Gasteiger partial charge in [-0.1, -0.05) is 13.0 Å². The molecular weight excluding hydrogens is 187 g/mol. The van der Waals surface area contributed by atoms with Crippen molar-refractivity contribution >= 4 is 5.91 Å². The van der Waals surface area contributed by atoms with E-state index in [4.69, 9.17) is 0 Å². The van der Waals surface area contributed by atoms with Crippen LogP contribution in [0.4, 0.5) is 4.39 Å². The van der Waals surface area contributed by atoms with Gasteiger partial charge in [0.15, 0.2) is 11.6 Å². The molecule has 1 amide bonds. The summed E-state index contributed by atoms with van der Waals surface area (Å²) >= 11 is 0. The van der Waals surface area contributed by atoms with Gasteiger partial charge in [-0.25, -0.2) is 9.82 Å². The van der Waals surface area contributed by atoms with Crippen LogP contribution in [0.2, 0.25) is 0 Å². The van der Waals surface area contributed by atoms with Crippen LogP contribution in [0.3, 0.4) is 0 Å².